The summed E-state index contributed by atoms with van der Waals surface area (Å²) in [5.74, 6) is -0.943. The predicted octanol–water partition coefficient (Wildman–Crippen LogP) is 1.55. The Kier molecular flexibility index (Phi) is 6.67. The molecule has 0 amide bonds. The Labute approximate surface area is 221 Å². The van der Waals surface area contributed by atoms with Crippen LogP contribution < -0.4 is 19.6 Å². The second-order valence-corrected chi connectivity index (χ2v) is 10.1. The van der Waals surface area contributed by atoms with Crippen LogP contribution in [0.3, 0.4) is 0 Å². The zero-order chi connectivity index (χ0) is 28.2. The first-order valence-electron chi connectivity index (χ1n) is 12.2. The molecule has 2 aliphatic heterocycles. The van der Waals surface area contributed by atoms with E-state index in [-0.39, 0.29) is 33.6 Å². The van der Waals surface area contributed by atoms with E-state index in [1.165, 1.54) is 37.6 Å². The lowest BCUT2D eigenvalue weighted by Crippen LogP contribution is -2.61. The van der Waals surface area contributed by atoms with Crippen LogP contribution in [-0.4, -0.2) is 74.9 Å². The van der Waals surface area contributed by atoms with Crippen LogP contribution in [0.2, 0.25) is 0 Å². The van der Waals surface area contributed by atoms with Crippen molar-refractivity contribution in [2.24, 2.45) is 0 Å². The molecule has 5 rings (SSSR count). The van der Waals surface area contributed by atoms with Gasteiger partial charge in [-0.25, -0.2) is 4.79 Å². The summed E-state index contributed by atoms with van der Waals surface area (Å²) in [6.45, 7) is 3.89. The number of hydrogen-bond donors (Lipinski definition) is 5. The predicted molar refractivity (Wildman–Crippen MR) is 134 cm³/mol. The van der Waals surface area contributed by atoms with Crippen molar-refractivity contribution in [1.29, 1.82) is 0 Å². The Hall–Kier alpha value is -3.84. The van der Waals surface area contributed by atoms with Gasteiger partial charge in [0.25, 0.3) is 0 Å². The molecule has 5 unspecified atom stereocenters. The number of aromatic hydroxyl groups is 1. The lowest BCUT2D eigenvalue weighted by molar-refractivity contribution is -0.271. The fourth-order valence-electron chi connectivity index (χ4n) is 4.89. The minimum Gasteiger partial charge on any atom is -0.507 e. The molecule has 2 aliphatic rings. The van der Waals surface area contributed by atoms with Gasteiger partial charge >= 0.3 is 5.97 Å². The van der Waals surface area contributed by atoms with Gasteiger partial charge < -0.3 is 48.9 Å². The van der Waals surface area contributed by atoms with E-state index in [2.05, 4.69) is 0 Å². The maximum atomic E-state index is 13.5. The number of benzene rings is 2. The minimum atomic E-state index is -1.86. The minimum absolute atomic E-state index is 0.0316. The second kappa shape index (κ2) is 9.72. The number of carboxylic acid groups (broad SMARTS) is 1. The highest BCUT2D eigenvalue weighted by atomic mass is 16.7. The molecule has 2 aromatic carbocycles. The van der Waals surface area contributed by atoms with Crippen LogP contribution >= 0.6 is 0 Å². The molecule has 3 aromatic rings. The van der Waals surface area contributed by atoms with Crippen molar-refractivity contribution in [3.63, 3.8) is 0 Å². The van der Waals surface area contributed by atoms with Crippen molar-refractivity contribution in [2.45, 2.75) is 63.0 Å². The van der Waals surface area contributed by atoms with Crippen molar-refractivity contribution < 1.29 is 53.7 Å². The molecule has 1 saturated heterocycles. The van der Waals surface area contributed by atoms with Gasteiger partial charge in [0.2, 0.25) is 11.7 Å². The smallest absolute Gasteiger partial charge is 0.335 e. The molecule has 5 N–H and O–H groups in total. The fourth-order valence-corrected chi connectivity index (χ4v) is 4.89. The van der Waals surface area contributed by atoms with E-state index in [0.29, 0.717) is 24.3 Å². The third-order valence-electron chi connectivity index (χ3n) is 6.97. The molecule has 5 atom stereocenters. The average molecular weight is 545 g/mol. The Morgan fingerprint density at radius 3 is 2.54 bits per heavy atom. The Balaban J connectivity index is 1.50. The number of phenolic OH excluding ortho intramolecular Hbond substituents is 1. The summed E-state index contributed by atoms with van der Waals surface area (Å²) in [4.78, 5) is 24.8. The topological polar surface area (TPSA) is 185 Å². The van der Waals surface area contributed by atoms with Crippen molar-refractivity contribution in [3.05, 3.63) is 46.3 Å². The van der Waals surface area contributed by atoms with E-state index < -0.39 is 47.7 Å². The highest BCUT2D eigenvalue weighted by Gasteiger charge is 2.48. The summed E-state index contributed by atoms with van der Waals surface area (Å²) < 4.78 is 28.0. The summed E-state index contributed by atoms with van der Waals surface area (Å²) in [5.41, 5.74) is 0.159. The molecule has 0 radical (unpaired) electrons. The van der Waals surface area contributed by atoms with E-state index in [1.807, 2.05) is 13.8 Å². The second-order valence-electron chi connectivity index (χ2n) is 10.1. The summed E-state index contributed by atoms with van der Waals surface area (Å²) in [7, 11) is 1.44. The third kappa shape index (κ3) is 4.65. The Morgan fingerprint density at radius 2 is 1.85 bits per heavy atom. The molecule has 0 spiro atoms. The van der Waals surface area contributed by atoms with Crippen molar-refractivity contribution >= 4 is 16.9 Å². The number of carboxylic acids is 1. The van der Waals surface area contributed by atoms with Gasteiger partial charge in [0, 0.05) is 17.7 Å². The van der Waals surface area contributed by atoms with Gasteiger partial charge in [-0.15, -0.1) is 0 Å². The summed E-state index contributed by atoms with van der Waals surface area (Å²) in [6, 6.07) is 5.54. The van der Waals surface area contributed by atoms with Crippen molar-refractivity contribution in [2.75, 3.05) is 7.11 Å². The molecule has 39 heavy (non-hydrogen) atoms. The number of aliphatic carboxylic acids is 1. The molecule has 12 nitrogen and oxygen atoms in total. The van der Waals surface area contributed by atoms with Gasteiger partial charge in [0.1, 0.15) is 58.8 Å². The number of hydrogen-bond acceptors (Lipinski definition) is 11. The molecule has 0 aliphatic carbocycles. The largest absolute Gasteiger partial charge is 0.507 e. The van der Waals surface area contributed by atoms with Crippen molar-refractivity contribution in [3.8, 4) is 34.1 Å². The van der Waals surface area contributed by atoms with Crippen LogP contribution in [0.1, 0.15) is 25.8 Å². The molecule has 208 valence electrons. The molecule has 0 saturated carbocycles. The summed E-state index contributed by atoms with van der Waals surface area (Å²) in [6.07, 6.45) is -6.41. The van der Waals surface area contributed by atoms with E-state index in [9.17, 15) is 35.1 Å². The van der Waals surface area contributed by atoms with E-state index in [1.54, 1.807) is 0 Å². The molecular formula is C27H28O12. The SMILES string of the molecule is COc1c2c(cc(O)c1-c1coc3cc(OC4OC(C(=O)O)C(O)C(O)C4O)ccc3c1=O)OC(C)(C)CC2. The molecule has 12 heteroatoms. The number of aliphatic hydroxyl groups is 3. The molecule has 1 fully saturated rings. The monoisotopic (exact) mass is 544 g/mol. The Bertz CT molecular complexity index is 1490. The number of ether oxygens (including phenoxy) is 4. The van der Waals surface area contributed by atoms with Gasteiger partial charge in [0.15, 0.2) is 6.10 Å². The lowest BCUT2D eigenvalue weighted by atomic mass is 9.90. The van der Waals surface area contributed by atoms with Gasteiger partial charge in [0.05, 0.1) is 23.6 Å². The molecule has 1 aromatic heterocycles. The van der Waals surface area contributed by atoms with Crippen LogP contribution in [0.5, 0.6) is 23.0 Å². The number of aliphatic hydroxyl groups excluding tert-OH is 3. The van der Waals surface area contributed by atoms with Gasteiger partial charge in [-0.1, -0.05) is 0 Å². The molecule has 3 heterocycles. The zero-order valence-corrected chi connectivity index (χ0v) is 21.3. The normalized spacial score (nSPS) is 25.9. The van der Waals surface area contributed by atoms with Crippen LogP contribution in [-0.2, 0) is 16.0 Å². The number of methoxy groups -OCH3 is 1. The maximum Gasteiger partial charge on any atom is 0.335 e. The number of phenols is 1. The highest BCUT2D eigenvalue weighted by molar-refractivity contribution is 5.87. The van der Waals surface area contributed by atoms with Crippen LogP contribution in [0.15, 0.2) is 39.7 Å². The summed E-state index contributed by atoms with van der Waals surface area (Å²) >= 11 is 0. The first kappa shape index (κ1) is 26.8. The fraction of sp³-hybridized carbons (Fsp3) is 0.407. The van der Waals surface area contributed by atoms with Crippen LogP contribution in [0.25, 0.3) is 22.1 Å². The molecule has 0 bridgehead atoms. The number of fused-ring (bicyclic) bond motifs is 2. The number of carbonyl (C=O) groups is 1. The average Bonchev–Trinajstić information content (AvgIpc) is 2.88. The highest BCUT2D eigenvalue weighted by Crippen LogP contribution is 2.48. The lowest BCUT2D eigenvalue weighted by Gasteiger charge is -2.38. The standard InChI is InChI=1S/C27H28O12/c1-27(2)7-6-13-17(39-27)9-15(28)18(23(13)35-3)14-10-36-16-8-11(4-5-12(16)19(14)29)37-26-22(32)20(30)21(31)24(38-26)25(33)34/h4-5,8-10,20-22,24,26,28,30-32H,6-7H2,1-3H3,(H,33,34). The number of rotatable bonds is 5. The van der Waals surface area contributed by atoms with E-state index >= 15 is 0 Å². The van der Waals surface area contributed by atoms with E-state index in [4.69, 9.17) is 23.4 Å². The van der Waals surface area contributed by atoms with Gasteiger partial charge in [-0.3, -0.25) is 4.79 Å². The maximum absolute atomic E-state index is 13.5. The molecular weight excluding hydrogens is 516 g/mol. The Morgan fingerprint density at radius 1 is 1.10 bits per heavy atom. The first-order valence-corrected chi connectivity index (χ1v) is 12.2. The van der Waals surface area contributed by atoms with E-state index in [0.717, 1.165) is 5.56 Å². The van der Waals surface area contributed by atoms with Crippen LogP contribution in [0, 0.1) is 0 Å². The van der Waals surface area contributed by atoms with Crippen LogP contribution in [0.4, 0.5) is 0 Å². The first-order chi connectivity index (χ1) is 18.4. The zero-order valence-electron chi connectivity index (χ0n) is 21.3. The van der Waals surface area contributed by atoms with Crippen molar-refractivity contribution in [1.82, 2.24) is 0 Å². The summed E-state index contributed by atoms with van der Waals surface area (Å²) in [5, 5.41) is 50.3. The quantitative estimate of drug-likeness (QED) is 0.313. The third-order valence-corrected chi connectivity index (χ3v) is 6.97. The van der Waals surface area contributed by atoms with Gasteiger partial charge in [-0.05, 0) is 38.8 Å². The van der Waals surface area contributed by atoms with Gasteiger partial charge in [-0.2, -0.15) is 0 Å².